The van der Waals surface area contributed by atoms with E-state index < -0.39 is 17.4 Å². The zero-order valence-electron chi connectivity index (χ0n) is 8.83. The second kappa shape index (κ2) is 4.95. The molecule has 0 aromatic heterocycles. The maximum absolute atomic E-state index is 11.3. The number of carboxylic acids is 1. The number of aliphatic carboxylic acids is 1. The Bertz CT molecular complexity index is 221. The van der Waals surface area contributed by atoms with Crippen LogP contribution in [0.1, 0.15) is 27.2 Å². The fourth-order valence-electron chi connectivity index (χ4n) is 0.850. The summed E-state index contributed by atoms with van der Waals surface area (Å²) in [7, 11) is 0. The molecule has 0 heterocycles. The molecule has 0 aromatic carbocycles. The van der Waals surface area contributed by atoms with Crippen molar-refractivity contribution in [1.29, 1.82) is 0 Å². The van der Waals surface area contributed by atoms with Gasteiger partial charge in [0.2, 0.25) is 5.91 Å². The maximum Gasteiger partial charge on any atom is 0.308 e. The predicted molar refractivity (Wildman–Crippen MR) is 52.7 cm³/mol. The van der Waals surface area contributed by atoms with Crippen molar-refractivity contribution >= 4 is 11.9 Å². The van der Waals surface area contributed by atoms with Gasteiger partial charge >= 0.3 is 5.97 Å². The lowest BCUT2D eigenvalue weighted by atomic mass is 10.0. The third kappa shape index (κ3) is 4.23. The minimum Gasteiger partial charge on any atom is -0.481 e. The molecule has 1 amide bonds. The van der Waals surface area contributed by atoms with Gasteiger partial charge in [0.05, 0.1) is 11.5 Å². The molecule has 1 atom stereocenters. The van der Waals surface area contributed by atoms with E-state index in [0.717, 1.165) is 0 Å². The summed E-state index contributed by atoms with van der Waals surface area (Å²) < 4.78 is 0. The van der Waals surface area contributed by atoms with Crippen LogP contribution in [0, 0.1) is 5.92 Å². The van der Waals surface area contributed by atoms with Crippen molar-refractivity contribution in [3.8, 4) is 0 Å². The Kier molecular flexibility index (Phi) is 4.56. The van der Waals surface area contributed by atoms with E-state index in [9.17, 15) is 9.59 Å². The van der Waals surface area contributed by atoms with Gasteiger partial charge in [-0.3, -0.25) is 9.59 Å². The van der Waals surface area contributed by atoms with E-state index in [1.54, 1.807) is 20.8 Å². The Balaban J connectivity index is 4.05. The third-order valence-electron chi connectivity index (χ3n) is 1.94. The first-order valence-corrected chi connectivity index (χ1v) is 4.59. The Morgan fingerprint density at radius 3 is 2.29 bits per heavy atom. The van der Waals surface area contributed by atoms with Crippen molar-refractivity contribution in [3.63, 3.8) is 0 Å². The fraction of sp³-hybridized carbons (Fsp3) is 0.778. The normalized spacial score (nSPS) is 13.4. The second-order valence-electron chi connectivity index (χ2n) is 3.88. The van der Waals surface area contributed by atoms with Gasteiger partial charge in [0.15, 0.2) is 0 Å². The highest BCUT2D eigenvalue weighted by Crippen LogP contribution is 2.02. The van der Waals surface area contributed by atoms with Gasteiger partial charge in [-0.05, 0) is 20.3 Å². The molecule has 4 N–H and O–H groups in total. The first-order chi connectivity index (χ1) is 6.29. The van der Waals surface area contributed by atoms with E-state index in [1.807, 2.05) is 0 Å². The van der Waals surface area contributed by atoms with Gasteiger partial charge in [-0.25, -0.2) is 0 Å². The van der Waals surface area contributed by atoms with Crippen LogP contribution in [0.4, 0.5) is 0 Å². The van der Waals surface area contributed by atoms with Crippen molar-refractivity contribution in [3.05, 3.63) is 0 Å². The number of hydrogen-bond donors (Lipinski definition) is 3. The van der Waals surface area contributed by atoms with Gasteiger partial charge in [0.1, 0.15) is 0 Å². The minimum atomic E-state index is -0.962. The van der Waals surface area contributed by atoms with Crippen molar-refractivity contribution in [2.75, 3.05) is 6.54 Å². The number of carbonyl (C=O) groups is 2. The predicted octanol–water partition coefficient (Wildman–Crippen LogP) is -0.0493. The summed E-state index contributed by atoms with van der Waals surface area (Å²) in [4.78, 5) is 21.9. The third-order valence-corrected chi connectivity index (χ3v) is 1.94. The average molecular weight is 202 g/mol. The van der Waals surface area contributed by atoms with Crippen molar-refractivity contribution in [2.45, 2.75) is 32.7 Å². The molecule has 0 spiro atoms. The lowest BCUT2D eigenvalue weighted by molar-refractivity contribution is -0.141. The van der Waals surface area contributed by atoms with Gasteiger partial charge in [-0.1, -0.05) is 6.92 Å². The van der Waals surface area contributed by atoms with E-state index >= 15 is 0 Å². The minimum absolute atomic E-state index is 0.130. The quantitative estimate of drug-likeness (QED) is 0.582. The summed E-state index contributed by atoms with van der Waals surface area (Å²) in [5.41, 5.74) is 4.56. The zero-order chi connectivity index (χ0) is 11.4. The Morgan fingerprint density at radius 1 is 1.50 bits per heavy atom. The number of hydrogen-bond acceptors (Lipinski definition) is 3. The lowest BCUT2D eigenvalue weighted by Crippen LogP contribution is -2.50. The molecule has 14 heavy (non-hydrogen) atoms. The van der Waals surface area contributed by atoms with Gasteiger partial charge in [-0.15, -0.1) is 0 Å². The van der Waals surface area contributed by atoms with E-state index in [2.05, 4.69) is 5.32 Å². The summed E-state index contributed by atoms with van der Waals surface area (Å²) in [6.07, 6.45) is 0.487. The largest absolute Gasteiger partial charge is 0.481 e. The van der Waals surface area contributed by atoms with Crippen LogP contribution in [0.5, 0.6) is 0 Å². The number of nitrogens with one attached hydrogen (secondary N) is 1. The number of carbonyl (C=O) groups excluding carboxylic acids is 1. The zero-order valence-corrected chi connectivity index (χ0v) is 8.83. The summed E-state index contributed by atoms with van der Waals surface area (Å²) >= 11 is 0. The molecule has 0 saturated carbocycles. The van der Waals surface area contributed by atoms with Crippen LogP contribution in [0.15, 0.2) is 0 Å². The van der Waals surface area contributed by atoms with Gasteiger partial charge in [0, 0.05) is 6.54 Å². The molecule has 5 heteroatoms. The molecule has 0 saturated heterocycles. The van der Waals surface area contributed by atoms with Crippen LogP contribution in [0.3, 0.4) is 0 Å². The summed E-state index contributed by atoms with van der Waals surface area (Å²) in [6, 6.07) is 0. The number of carboxylic acid groups (broad SMARTS) is 1. The molecule has 0 aliphatic heterocycles. The molecule has 0 radical (unpaired) electrons. The standard InChI is InChI=1S/C9H18N2O3/c1-4-6(7(12)13)5-11-8(14)9(2,3)10/h6H,4-5,10H2,1-3H3,(H,11,14)(H,12,13). The van der Waals surface area contributed by atoms with Gasteiger partial charge in [-0.2, -0.15) is 0 Å². The second-order valence-corrected chi connectivity index (χ2v) is 3.88. The van der Waals surface area contributed by atoms with E-state index in [0.29, 0.717) is 6.42 Å². The van der Waals surface area contributed by atoms with Crippen molar-refractivity contribution in [1.82, 2.24) is 5.32 Å². The molecular weight excluding hydrogens is 184 g/mol. The Labute approximate surface area is 83.7 Å². The Morgan fingerprint density at radius 2 is 2.00 bits per heavy atom. The summed E-state index contributed by atoms with van der Waals surface area (Å²) in [5.74, 6) is -1.78. The van der Waals surface area contributed by atoms with E-state index in [1.165, 1.54) is 0 Å². The number of nitrogens with two attached hydrogens (primary N) is 1. The van der Waals surface area contributed by atoms with Crippen LogP contribution in [-0.2, 0) is 9.59 Å². The van der Waals surface area contributed by atoms with Gasteiger partial charge < -0.3 is 16.2 Å². The molecule has 0 fully saturated rings. The maximum atomic E-state index is 11.3. The topological polar surface area (TPSA) is 92.4 Å². The van der Waals surface area contributed by atoms with Crippen molar-refractivity contribution < 1.29 is 14.7 Å². The molecule has 5 nitrogen and oxygen atoms in total. The molecule has 0 rings (SSSR count). The molecule has 0 bridgehead atoms. The van der Waals surface area contributed by atoms with Crippen LogP contribution in [0.2, 0.25) is 0 Å². The number of amides is 1. The van der Waals surface area contributed by atoms with Crippen LogP contribution in [0.25, 0.3) is 0 Å². The highest BCUT2D eigenvalue weighted by molar-refractivity contribution is 5.85. The smallest absolute Gasteiger partial charge is 0.308 e. The highest BCUT2D eigenvalue weighted by Gasteiger charge is 2.23. The monoisotopic (exact) mass is 202 g/mol. The van der Waals surface area contributed by atoms with Crippen LogP contribution in [-0.4, -0.2) is 29.1 Å². The summed E-state index contributed by atoms with van der Waals surface area (Å²) in [5, 5.41) is 11.2. The Hall–Kier alpha value is -1.10. The molecule has 0 aliphatic rings. The molecular formula is C9H18N2O3. The summed E-state index contributed by atoms with van der Waals surface area (Å²) in [6.45, 7) is 5.04. The molecule has 1 unspecified atom stereocenters. The highest BCUT2D eigenvalue weighted by atomic mass is 16.4. The van der Waals surface area contributed by atoms with Crippen LogP contribution < -0.4 is 11.1 Å². The molecule has 0 aromatic rings. The first kappa shape index (κ1) is 12.9. The molecule has 82 valence electrons. The number of rotatable bonds is 5. The van der Waals surface area contributed by atoms with Crippen LogP contribution >= 0.6 is 0 Å². The van der Waals surface area contributed by atoms with Gasteiger partial charge in [0.25, 0.3) is 0 Å². The molecule has 0 aliphatic carbocycles. The van der Waals surface area contributed by atoms with E-state index in [-0.39, 0.29) is 12.5 Å². The first-order valence-electron chi connectivity index (χ1n) is 4.59. The SMILES string of the molecule is CCC(CNC(=O)C(C)(C)N)C(=O)O. The van der Waals surface area contributed by atoms with Crippen molar-refractivity contribution in [2.24, 2.45) is 11.7 Å². The fourth-order valence-corrected chi connectivity index (χ4v) is 0.850. The lowest BCUT2D eigenvalue weighted by Gasteiger charge is -2.19. The van der Waals surface area contributed by atoms with E-state index in [4.69, 9.17) is 10.8 Å². The average Bonchev–Trinajstić information content (AvgIpc) is 2.02.